The molecule has 0 aliphatic carbocycles. The number of hydrogen-bond acceptors (Lipinski definition) is 3. The molecule has 1 saturated heterocycles. The molecule has 0 spiro atoms. The van der Waals surface area contributed by atoms with Crippen molar-refractivity contribution < 1.29 is 33.0 Å². The molecule has 20 heavy (non-hydrogen) atoms. The average molecular weight is 298 g/mol. The Balaban J connectivity index is 2.60. The highest BCUT2D eigenvalue weighted by molar-refractivity contribution is 5.75. The molecule has 0 bridgehead atoms. The van der Waals surface area contributed by atoms with Crippen LogP contribution in [-0.4, -0.2) is 71.0 Å². The molecule has 9 heteroatoms. The number of alkyl halides is 3. The number of rotatable bonds is 5. The Morgan fingerprint density at radius 3 is 2.50 bits per heavy atom. The molecule has 116 valence electrons. The van der Waals surface area contributed by atoms with Crippen LogP contribution >= 0.6 is 0 Å². The van der Waals surface area contributed by atoms with Crippen molar-refractivity contribution >= 4 is 12.0 Å². The fourth-order valence-corrected chi connectivity index (χ4v) is 2.20. The van der Waals surface area contributed by atoms with E-state index in [0.29, 0.717) is 11.3 Å². The number of nitrogens with zero attached hydrogens (tertiary/aromatic N) is 2. The van der Waals surface area contributed by atoms with Crippen LogP contribution in [0.3, 0.4) is 0 Å². The highest BCUT2D eigenvalue weighted by Crippen LogP contribution is 2.22. The second kappa shape index (κ2) is 6.78. The Hall–Kier alpha value is -1.51. The summed E-state index contributed by atoms with van der Waals surface area (Å²) in [7, 11) is 0. The van der Waals surface area contributed by atoms with E-state index in [4.69, 9.17) is 10.2 Å². The molecule has 1 aliphatic rings. The maximum atomic E-state index is 12.4. The number of urea groups is 1. The second-order valence-electron chi connectivity index (χ2n) is 4.74. The molecule has 1 fully saturated rings. The molecule has 0 saturated carbocycles. The van der Waals surface area contributed by atoms with Gasteiger partial charge in [-0.05, 0) is 12.3 Å². The van der Waals surface area contributed by atoms with Crippen LogP contribution < -0.4 is 0 Å². The third-order valence-corrected chi connectivity index (χ3v) is 3.03. The van der Waals surface area contributed by atoms with Crippen LogP contribution in [0.1, 0.15) is 12.8 Å². The monoisotopic (exact) mass is 298 g/mol. The standard InChI is InChI=1S/C11H17F3N2O4/c12-11(13,14)7-16(3-4-17)10(20)15-2-1-8(6-15)5-9(18)19/h8,17H,1-7H2,(H,18,19). The predicted molar refractivity (Wildman–Crippen MR) is 62.0 cm³/mol. The smallest absolute Gasteiger partial charge is 0.406 e. The summed E-state index contributed by atoms with van der Waals surface area (Å²) < 4.78 is 37.1. The molecular formula is C11H17F3N2O4. The van der Waals surface area contributed by atoms with Crippen LogP contribution in [0.15, 0.2) is 0 Å². The molecule has 1 atom stereocenters. The lowest BCUT2D eigenvalue weighted by atomic mass is 10.1. The molecule has 1 unspecified atom stereocenters. The van der Waals surface area contributed by atoms with Crippen molar-refractivity contribution in [3.8, 4) is 0 Å². The number of carbonyl (C=O) groups is 2. The number of carboxylic acids is 1. The van der Waals surface area contributed by atoms with E-state index < -0.39 is 37.9 Å². The summed E-state index contributed by atoms with van der Waals surface area (Å²) in [5.41, 5.74) is 0. The Morgan fingerprint density at radius 1 is 1.35 bits per heavy atom. The van der Waals surface area contributed by atoms with E-state index in [9.17, 15) is 22.8 Å². The molecule has 0 aromatic rings. The Labute approximate surface area is 113 Å². The molecule has 2 N–H and O–H groups in total. The van der Waals surface area contributed by atoms with Gasteiger partial charge in [-0.3, -0.25) is 4.79 Å². The Bertz CT molecular complexity index is 362. The fourth-order valence-electron chi connectivity index (χ4n) is 2.20. The first-order valence-corrected chi connectivity index (χ1v) is 6.16. The largest absolute Gasteiger partial charge is 0.481 e. The summed E-state index contributed by atoms with van der Waals surface area (Å²) in [4.78, 5) is 24.2. The summed E-state index contributed by atoms with van der Waals surface area (Å²) >= 11 is 0. The lowest BCUT2D eigenvalue weighted by Crippen LogP contribution is -2.47. The van der Waals surface area contributed by atoms with Crippen molar-refractivity contribution in [1.29, 1.82) is 0 Å². The minimum atomic E-state index is -4.54. The number of amides is 2. The van der Waals surface area contributed by atoms with Gasteiger partial charge in [-0.15, -0.1) is 0 Å². The van der Waals surface area contributed by atoms with Gasteiger partial charge in [-0.2, -0.15) is 13.2 Å². The van der Waals surface area contributed by atoms with E-state index >= 15 is 0 Å². The summed E-state index contributed by atoms with van der Waals surface area (Å²) in [6.45, 7) is -2.03. The van der Waals surface area contributed by atoms with E-state index in [1.165, 1.54) is 4.90 Å². The number of carboxylic acid groups (broad SMARTS) is 1. The number of halogens is 3. The van der Waals surface area contributed by atoms with Gasteiger partial charge >= 0.3 is 18.2 Å². The van der Waals surface area contributed by atoms with E-state index in [0.717, 1.165) is 0 Å². The van der Waals surface area contributed by atoms with Crippen LogP contribution in [0.25, 0.3) is 0 Å². The summed E-state index contributed by atoms with van der Waals surface area (Å²) in [6, 6.07) is -0.815. The third kappa shape index (κ3) is 5.24. The lowest BCUT2D eigenvalue weighted by molar-refractivity contribution is -0.141. The first-order valence-electron chi connectivity index (χ1n) is 6.16. The van der Waals surface area contributed by atoms with Crippen molar-refractivity contribution in [3.05, 3.63) is 0 Å². The molecule has 0 aromatic heterocycles. The Kier molecular flexibility index (Phi) is 5.61. The van der Waals surface area contributed by atoms with Crippen molar-refractivity contribution in [2.45, 2.75) is 19.0 Å². The molecule has 2 amide bonds. The van der Waals surface area contributed by atoms with Crippen molar-refractivity contribution in [2.75, 3.05) is 32.8 Å². The topological polar surface area (TPSA) is 81.1 Å². The molecule has 0 aromatic carbocycles. The SMILES string of the molecule is O=C(O)CC1CCN(C(=O)N(CCO)CC(F)(F)F)C1. The van der Waals surface area contributed by atoms with Gasteiger partial charge < -0.3 is 20.0 Å². The molecule has 1 aliphatic heterocycles. The van der Waals surface area contributed by atoms with Crippen molar-refractivity contribution in [2.24, 2.45) is 5.92 Å². The molecule has 6 nitrogen and oxygen atoms in total. The number of likely N-dealkylation sites (tertiary alicyclic amines) is 1. The second-order valence-corrected chi connectivity index (χ2v) is 4.74. The maximum absolute atomic E-state index is 12.4. The minimum Gasteiger partial charge on any atom is -0.481 e. The third-order valence-electron chi connectivity index (χ3n) is 3.03. The molecule has 0 radical (unpaired) electrons. The maximum Gasteiger partial charge on any atom is 0.406 e. The molecular weight excluding hydrogens is 281 g/mol. The van der Waals surface area contributed by atoms with Gasteiger partial charge in [0.1, 0.15) is 6.54 Å². The zero-order valence-electron chi connectivity index (χ0n) is 10.8. The van der Waals surface area contributed by atoms with Crippen LogP contribution in [0.4, 0.5) is 18.0 Å². The van der Waals surface area contributed by atoms with Crippen molar-refractivity contribution in [1.82, 2.24) is 9.80 Å². The predicted octanol–water partition coefficient (Wildman–Crippen LogP) is 0.760. The molecule has 1 heterocycles. The first-order chi connectivity index (χ1) is 9.23. The number of hydrogen-bond donors (Lipinski definition) is 2. The van der Waals surface area contributed by atoms with Gasteiger partial charge in [-0.25, -0.2) is 4.79 Å². The first kappa shape index (κ1) is 16.5. The van der Waals surface area contributed by atoms with E-state index in [2.05, 4.69) is 0 Å². The van der Waals surface area contributed by atoms with Gasteiger partial charge in [0.15, 0.2) is 0 Å². The molecule has 1 rings (SSSR count). The number of carbonyl (C=O) groups excluding carboxylic acids is 1. The summed E-state index contributed by atoms with van der Waals surface area (Å²) in [5, 5.41) is 17.4. The van der Waals surface area contributed by atoms with Crippen molar-refractivity contribution in [3.63, 3.8) is 0 Å². The zero-order chi connectivity index (χ0) is 15.3. The quantitative estimate of drug-likeness (QED) is 0.785. The number of aliphatic hydroxyl groups excluding tert-OH is 1. The van der Waals surface area contributed by atoms with Gasteiger partial charge in [0.2, 0.25) is 0 Å². The minimum absolute atomic E-state index is 0.108. The normalized spacial score (nSPS) is 19.2. The Morgan fingerprint density at radius 2 is 2.00 bits per heavy atom. The lowest BCUT2D eigenvalue weighted by Gasteiger charge is -2.28. The highest BCUT2D eigenvalue weighted by Gasteiger charge is 2.36. The van der Waals surface area contributed by atoms with Gasteiger partial charge in [0.05, 0.1) is 6.61 Å². The van der Waals surface area contributed by atoms with E-state index in [-0.39, 0.29) is 25.4 Å². The average Bonchev–Trinajstić information content (AvgIpc) is 2.73. The fraction of sp³-hybridized carbons (Fsp3) is 0.818. The van der Waals surface area contributed by atoms with Crippen LogP contribution in [0.5, 0.6) is 0 Å². The van der Waals surface area contributed by atoms with Gasteiger partial charge in [-0.1, -0.05) is 0 Å². The number of aliphatic hydroxyl groups is 1. The van der Waals surface area contributed by atoms with E-state index in [1.807, 2.05) is 0 Å². The van der Waals surface area contributed by atoms with Gasteiger partial charge in [0, 0.05) is 26.1 Å². The van der Waals surface area contributed by atoms with Crippen LogP contribution in [0, 0.1) is 5.92 Å². The summed E-state index contributed by atoms with van der Waals surface area (Å²) in [5.74, 6) is -1.23. The van der Waals surface area contributed by atoms with Crippen LogP contribution in [-0.2, 0) is 4.79 Å². The highest BCUT2D eigenvalue weighted by atomic mass is 19.4. The van der Waals surface area contributed by atoms with E-state index in [1.54, 1.807) is 0 Å². The van der Waals surface area contributed by atoms with Crippen LogP contribution in [0.2, 0.25) is 0 Å². The zero-order valence-corrected chi connectivity index (χ0v) is 10.8. The summed E-state index contributed by atoms with van der Waals surface area (Å²) in [6.07, 6.45) is -4.19. The number of aliphatic carboxylic acids is 1. The van der Waals surface area contributed by atoms with Gasteiger partial charge in [0.25, 0.3) is 0 Å².